The van der Waals surface area contributed by atoms with Crippen LogP contribution in [0.1, 0.15) is 16.7 Å². The van der Waals surface area contributed by atoms with E-state index in [1.165, 1.54) is 7.11 Å². The fourth-order valence-corrected chi connectivity index (χ4v) is 1.99. The molecule has 5 heteroatoms. The minimum Gasteiger partial charge on any atom is -0.495 e. The van der Waals surface area contributed by atoms with Gasteiger partial charge in [-0.25, -0.2) is 0 Å². The Hall–Kier alpha value is -2.69. The monoisotopic (exact) mass is 298 g/mol. The summed E-state index contributed by atoms with van der Waals surface area (Å²) in [6.07, 6.45) is 0. The molecule has 4 nitrogen and oxygen atoms in total. The maximum Gasteiger partial charge on any atom is 0.136 e. The molecule has 0 spiro atoms. The predicted molar refractivity (Wildman–Crippen MR) is 78.2 cm³/mol. The highest BCUT2D eigenvalue weighted by Gasteiger charge is 2.05. The molecule has 2 aromatic rings. The van der Waals surface area contributed by atoms with Crippen LogP contribution in [0.3, 0.4) is 0 Å². The van der Waals surface area contributed by atoms with E-state index in [1.54, 1.807) is 30.3 Å². The van der Waals surface area contributed by atoms with Gasteiger partial charge in [0.25, 0.3) is 0 Å². The van der Waals surface area contributed by atoms with Gasteiger partial charge in [0.2, 0.25) is 0 Å². The summed E-state index contributed by atoms with van der Waals surface area (Å²) in [5, 5.41) is 18.2. The molecular weight excluding hydrogens is 288 g/mol. The smallest absolute Gasteiger partial charge is 0.136 e. The van der Waals surface area contributed by atoms with Crippen molar-refractivity contribution < 1.29 is 9.47 Å². The van der Waals surface area contributed by atoms with E-state index in [-0.39, 0.29) is 0 Å². The van der Waals surface area contributed by atoms with Crippen molar-refractivity contribution in [1.82, 2.24) is 0 Å². The minimum atomic E-state index is 0.293. The molecule has 0 atom stereocenters. The topological polar surface area (TPSA) is 66.0 Å². The van der Waals surface area contributed by atoms with Gasteiger partial charge in [-0.1, -0.05) is 17.7 Å². The van der Waals surface area contributed by atoms with Crippen LogP contribution in [-0.2, 0) is 6.61 Å². The summed E-state index contributed by atoms with van der Waals surface area (Å²) in [4.78, 5) is 0. The number of benzene rings is 2. The Morgan fingerprint density at radius 2 is 1.81 bits per heavy atom. The van der Waals surface area contributed by atoms with Crippen LogP contribution in [0.5, 0.6) is 11.5 Å². The Kier molecular flexibility index (Phi) is 4.66. The molecule has 0 unspecified atom stereocenters. The van der Waals surface area contributed by atoms with Gasteiger partial charge in [0.05, 0.1) is 23.3 Å². The highest BCUT2D eigenvalue weighted by Crippen LogP contribution is 2.24. The number of methoxy groups -OCH3 is 1. The summed E-state index contributed by atoms with van der Waals surface area (Å²) in [7, 11) is 1.52. The largest absolute Gasteiger partial charge is 0.495 e. The number of nitriles is 2. The second kappa shape index (κ2) is 6.65. The molecule has 0 heterocycles. The van der Waals surface area contributed by atoms with Crippen LogP contribution in [-0.4, -0.2) is 7.11 Å². The summed E-state index contributed by atoms with van der Waals surface area (Å²) >= 11 is 5.94. The van der Waals surface area contributed by atoms with Crippen molar-refractivity contribution in [2.45, 2.75) is 6.61 Å². The van der Waals surface area contributed by atoms with Gasteiger partial charge in [-0.15, -0.1) is 0 Å². The maximum absolute atomic E-state index is 9.03. The Morgan fingerprint density at radius 3 is 2.43 bits per heavy atom. The molecule has 2 rings (SSSR count). The molecule has 0 fully saturated rings. The molecule has 0 bridgehead atoms. The zero-order chi connectivity index (χ0) is 15.2. The van der Waals surface area contributed by atoms with E-state index in [0.717, 1.165) is 5.56 Å². The van der Waals surface area contributed by atoms with E-state index in [9.17, 15) is 0 Å². The number of nitrogens with zero attached hydrogens (tertiary/aromatic N) is 2. The van der Waals surface area contributed by atoms with Crippen molar-refractivity contribution in [2.75, 3.05) is 7.11 Å². The third-order valence-electron chi connectivity index (χ3n) is 2.85. The van der Waals surface area contributed by atoms with Gasteiger partial charge in [-0.3, -0.25) is 0 Å². The molecule has 0 aromatic heterocycles. The molecule has 21 heavy (non-hydrogen) atoms. The lowest BCUT2D eigenvalue weighted by Crippen LogP contribution is -1.97. The fourth-order valence-electron chi connectivity index (χ4n) is 1.78. The van der Waals surface area contributed by atoms with Gasteiger partial charge >= 0.3 is 0 Å². The number of rotatable bonds is 4. The zero-order valence-corrected chi connectivity index (χ0v) is 12.0. The number of ether oxygens (including phenoxy) is 2. The SMILES string of the molecule is COc1ccc(COc2ccc(C#N)c(Cl)c2)cc1C#N. The van der Waals surface area contributed by atoms with Gasteiger partial charge in [0.1, 0.15) is 30.2 Å². The lowest BCUT2D eigenvalue weighted by molar-refractivity contribution is 0.306. The molecule has 0 aliphatic carbocycles. The third-order valence-corrected chi connectivity index (χ3v) is 3.16. The van der Waals surface area contributed by atoms with Crippen molar-refractivity contribution in [3.05, 3.63) is 58.1 Å². The first-order valence-electron chi connectivity index (χ1n) is 6.07. The van der Waals surface area contributed by atoms with E-state index in [0.29, 0.717) is 34.3 Å². The van der Waals surface area contributed by atoms with Crippen molar-refractivity contribution in [3.8, 4) is 23.6 Å². The van der Waals surface area contributed by atoms with Gasteiger partial charge < -0.3 is 9.47 Å². The van der Waals surface area contributed by atoms with E-state index in [2.05, 4.69) is 6.07 Å². The minimum absolute atomic E-state index is 0.293. The standard InChI is InChI=1S/C16H11ClN2O2/c1-20-16-5-2-11(6-13(16)9-19)10-21-14-4-3-12(8-18)15(17)7-14/h2-7H,10H2,1H3. The predicted octanol–water partition coefficient (Wildman–Crippen LogP) is 3.67. The summed E-state index contributed by atoms with van der Waals surface area (Å²) < 4.78 is 10.7. The lowest BCUT2D eigenvalue weighted by Gasteiger charge is -2.09. The fraction of sp³-hybridized carbons (Fsp3) is 0.125. The molecule has 0 amide bonds. The number of hydrogen-bond acceptors (Lipinski definition) is 4. The first kappa shape index (κ1) is 14.7. The van der Waals surface area contributed by atoms with Gasteiger partial charge in [-0.2, -0.15) is 10.5 Å². The highest BCUT2D eigenvalue weighted by atomic mass is 35.5. The van der Waals surface area contributed by atoms with Crippen LogP contribution in [0.25, 0.3) is 0 Å². The van der Waals surface area contributed by atoms with Gasteiger partial charge in [-0.05, 0) is 29.8 Å². The van der Waals surface area contributed by atoms with E-state index in [1.807, 2.05) is 12.1 Å². The summed E-state index contributed by atoms with van der Waals surface area (Å²) in [5.41, 5.74) is 1.70. The normalized spacial score (nSPS) is 9.52. The molecule has 2 aromatic carbocycles. The first-order chi connectivity index (χ1) is 10.2. The quantitative estimate of drug-likeness (QED) is 0.863. The van der Waals surface area contributed by atoms with E-state index >= 15 is 0 Å². The van der Waals surface area contributed by atoms with E-state index < -0.39 is 0 Å². The molecule has 0 radical (unpaired) electrons. The first-order valence-corrected chi connectivity index (χ1v) is 6.45. The molecule has 104 valence electrons. The summed E-state index contributed by atoms with van der Waals surface area (Å²) in [6, 6.07) is 14.2. The van der Waals surface area contributed by atoms with Crippen LogP contribution in [0.2, 0.25) is 5.02 Å². The molecule has 0 aliphatic heterocycles. The Labute approximate surface area is 127 Å². The Balaban J connectivity index is 2.12. The van der Waals surface area contributed by atoms with Crippen LogP contribution >= 0.6 is 11.6 Å². The van der Waals surface area contributed by atoms with Crippen molar-refractivity contribution >= 4 is 11.6 Å². The highest BCUT2D eigenvalue weighted by molar-refractivity contribution is 6.31. The molecule has 0 saturated carbocycles. The van der Waals surface area contributed by atoms with Crippen molar-refractivity contribution in [1.29, 1.82) is 10.5 Å². The molecule has 0 saturated heterocycles. The zero-order valence-electron chi connectivity index (χ0n) is 11.3. The van der Waals surface area contributed by atoms with Crippen molar-refractivity contribution in [2.24, 2.45) is 0 Å². The van der Waals surface area contributed by atoms with Gasteiger partial charge in [0, 0.05) is 6.07 Å². The van der Waals surface area contributed by atoms with Gasteiger partial charge in [0.15, 0.2) is 0 Å². The molecular formula is C16H11ClN2O2. The summed E-state index contributed by atoms with van der Waals surface area (Å²) in [6.45, 7) is 0.293. The lowest BCUT2D eigenvalue weighted by atomic mass is 10.1. The van der Waals surface area contributed by atoms with Crippen molar-refractivity contribution in [3.63, 3.8) is 0 Å². The molecule has 0 aliphatic rings. The molecule has 0 N–H and O–H groups in total. The maximum atomic E-state index is 9.03. The van der Waals surface area contributed by atoms with E-state index in [4.69, 9.17) is 31.6 Å². The Bertz CT molecular complexity index is 745. The third kappa shape index (κ3) is 3.45. The average molecular weight is 299 g/mol. The Morgan fingerprint density at radius 1 is 1.05 bits per heavy atom. The second-order valence-corrected chi connectivity index (χ2v) is 4.60. The average Bonchev–Trinajstić information content (AvgIpc) is 2.52. The van der Waals surface area contributed by atoms with Crippen LogP contribution in [0.4, 0.5) is 0 Å². The van der Waals surface area contributed by atoms with Crippen LogP contribution < -0.4 is 9.47 Å². The number of hydrogen-bond donors (Lipinski definition) is 0. The number of halogens is 1. The summed E-state index contributed by atoms with van der Waals surface area (Å²) in [5.74, 6) is 1.09. The van der Waals surface area contributed by atoms with Crippen LogP contribution in [0.15, 0.2) is 36.4 Å². The second-order valence-electron chi connectivity index (χ2n) is 4.19. The van der Waals surface area contributed by atoms with Crippen LogP contribution in [0, 0.1) is 22.7 Å².